The van der Waals surface area contributed by atoms with Gasteiger partial charge in [-0.05, 0) is 46.5 Å². The van der Waals surface area contributed by atoms with Crippen molar-refractivity contribution >= 4 is 11.8 Å². The van der Waals surface area contributed by atoms with Gasteiger partial charge in [-0.1, -0.05) is 24.3 Å². The average molecular weight is 410 g/mol. The predicted octanol–water partition coefficient (Wildman–Crippen LogP) is 3.90. The van der Waals surface area contributed by atoms with Crippen LogP contribution in [0.4, 0.5) is 8.78 Å². The zero-order chi connectivity index (χ0) is 21.5. The summed E-state index contributed by atoms with van der Waals surface area (Å²) >= 11 is 0. The molecule has 0 atom stereocenters. The highest BCUT2D eigenvalue weighted by atomic mass is 19.1. The minimum atomic E-state index is -0.759. The number of alkyl halides is 1. The number of hydrogen-bond donors (Lipinski definition) is 1. The molecule has 1 aromatic heterocycles. The molecule has 3 rings (SSSR count). The first-order valence-electron chi connectivity index (χ1n) is 9.31. The zero-order valence-corrected chi connectivity index (χ0v) is 16.1. The van der Waals surface area contributed by atoms with Gasteiger partial charge in [0, 0.05) is 24.7 Å². The fourth-order valence-corrected chi connectivity index (χ4v) is 3.05. The maximum Gasteiger partial charge on any atom is 0.338 e. The van der Waals surface area contributed by atoms with Crippen molar-refractivity contribution in [1.29, 1.82) is 0 Å². The number of nitrogens with zero attached hydrogens (tertiary/aromatic N) is 1. The number of rotatable bonds is 8. The molecule has 0 fully saturated rings. The van der Waals surface area contributed by atoms with E-state index in [2.05, 4.69) is 4.98 Å². The summed E-state index contributed by atoms with van der Waals surface area (Å²) in [5.41, 5.74) is 8.88. The molecule has 0 aliphatic rings. The van der Waals surface area contributed by atoms with Gasteiger partial charge in [0.25, 0.3) is 0 Å². The summed E-state index contributed by atoms with van der Waals surface area (Å²) < 4.78 is 30.9. The van der Waals surface area contributed by atoms with E-state index in [1.54, 1.807) is 42.5 Å². The van der Waals surface area contributed by atoms with Crippen LogP contribution in [0.1, 0.15) is 31.8 Å². The molecule has 0 bridgehead atoms. The van der Waals surface area contributed by atoms with Gasteiger partial charge in [0.05, 0.1) is 11.8 Å². The second kappa shape index (κ2) is 9.84. The average Bonchev–Trinajstić information content (AvgIpc) is 2.78. The van der Waals surface area contributed by atoms with Gasteiger partial charge in [0.15, 0.2) is 5.78 Å². The third-order valence-electron chi connectivity index (χ3n) is 4.58. The van der Waals surface area contributed by atoms with Crippen molar-refractivity contribution in [2.75, 3.05) is 13.3 Å². The molecule has 0 spiro atoms. The lowest BCUT2D eigenvalue weighted by Crippen LogP contribution is -2.09. The van der Waals surface area contributed by atoms with Crippen molar-refractivity contribution in [3.63, 3.8) is 0 Å². The number of carbonyl (C=O) groups excluding carboxylic acids is 2. The largest absolute Gasteiger partial charge is 0.459 e. The van der Waals surface area contributed by atoms with Crippen LogP contribution < -0.4 is 5.73 Å². The van der Waals surface area contributed by atoms with Crippen LogP contribution in [0.25, 0.3) is 11.1 Å². The minimum absolute atomic E-state index is 0.106. The Morgan fingerprint density at radius 1 is 1.03 bits per heavy atom. The van der Waals surface area contributed by atoms with E-state index in [1.807, 2.05) is 0 Å². The highest BCUT2D eigenvalue weighted by Crippen LogP contribution is 2.27. The Kier molecular flexibility index (Phi) is 6.98. The Hall–Kier alpha value is -3.45. The van der Waals surface area contributed by atoms with Crippen molar-refractivity contribution in [3.8, 4) is 11.1 Å². The number of nitrogens with two attached hydrogens (primary N) is 1. The van der Waals surface area contributed by atoms with E-state index in [0.29, 0.717) is 16.7 Å². The molecule has 0 amide bonds. The lowest BCUT2D eigenvalue weighted by atomic mass is 9.93. The molecule has 0 radical (unpaired) electrons. The van der Waals surface area contributed by atoms with E-state index in [4.69, 9.17) is 10.5 Å². The van der Waals surface area contributed by atoms with Crippen LogP contribution in [0.5, 0.6) is 0 Å². The van der Waals surface area contributed by atoms with Crippen LogP contribution in [-0.4, -0.2) is 30.0 Å². The van der Waals surface area contributed by atoms with E-state index in [-0.39, 0.29) is 36.5 Å². The Balaban J connectivity index is 1.93. The smallest absolute Gasteiger partial charge is 0.338 e. The number of hydrogen-bond acceptors (Lipinski definition) is 5. The fraction of sp³-hybridized carbons (Fsp3) is 0.174. The number of ketones is 1. The first-order valence-corrected chi connectivity index (χ1v) is 9.31. The molecule has 2 aromatic carbocycles. The lowest BCUT2D eigenvalue weighted by Gasteiger charge is -2.12. The van der Waals surface area contributed by atoms with Crippen LogP contribution in [0.2, 0.25) is 0 Å². The predicted molar refractivity (Wildman–Crippen MR) is 108 cm³/mol. The second-order valence-corrected chi connectivity index (χ2v) is 6.55. The number of carbonyl (C=O) groups is 2. The van der Waals surface area contributed by atoms with E-state index in [1.165, 1.54) is 12.3 Å². The van der Waals surface area contributed by atoms with Gasteiger partial charge < -0.3 is 10.5 Å². The molecule has 154 valence electrons. The molecule has 7 heteroatoms. The number of halogens is 2. The number of benzene rings is 2. The Morgan fingerprint density at radius 3 is 2.60 bits per heavy atom. The van der Waals surface area contributed by atoms with Gasteiger partial charge in [-0.3, -0.25) is 9.78 Å². The maximum atomic E-state index is 13.8. The van der Waals surface area contributed by atoms with Gasteiger partial charge in [0.1, 0.15) is 19.1 Å². The molecule has 5 nitrogen and oxygen atoms in total. The summed E-state index contributed by atoms with van der Waals surface area (Å²) in [7, 11) is 0. The Morgan fingerprint density at radius 2 is 1.87 bits per heavy atom. The first-order chi connectivity index (χ1) is 14.5. The van der Waals surface area contributed by atoms with Gasteiger partial charge >= 0.3 is 5.97 Å². The molecule has 0 aliphatic heterocycles. The summed E-state index contributed by atoms with van der Waals surface area (Å²) in [5.74, 6) is -1.43. The number of esters is 1. The lowest BCUT2D eigenvalue weighted by molar-refractivity contribution is 0.0481. The van der Waals surface area contributed by atoms with E-state index >= 15 is 0 Å². The van der Waals surface area contributed by atoms with Crippen molar-refractivity contribution in [3.05, 3.63) is 89.0 Å². The molecule has 2 N–H and O–H groups in total. The van der Waals surface area contributed by atoms with E-state index < -0.39 is 18.5 Å². The van der Waals surface area contributed by atoms with Crippen LogP contribution in [0, 0.1) is 5.82 Å². The first kappa shape index (κ1) is 21.3. The molecule has 0 aliphatic carbocycles. The highest BCUT2D eigenvalue weighted by molar-refractivity contribution is 5.99. The molecule has 0 saturated carbocycles. The van der Waals surface area contributed by atoms with E-state index in [0.717, 1.165) is 11.8 Å². The number of aromatic nitrogens is 1. The van der Waals surface area contributed by atoms with Gasteiger partial charge in [-0.2, -0.15) is 0 Å². The Labute approximate surface area is 172 Å². The van der Waals surface area contributed by atoms with Crippen molar-refractivity contribution in [1.82, 2.24) is 4.98 Å². The molecule has 30 heavy (non-hydrogen) atoms. The van der Waals surface area contributed by atoms with Crippen molar-refractivity contribution < 1.29 is 23.1 Å². The molecule has 3 aromatic rings. The Bertz CT molecular complexity index is 1070. The molecule has 0 unspecified atom stereocenters. The van der Waals surface area contributed by atoms with Crippen LogP contribution in [0.3, 0.4) is 0 Å². The van der Waals surface area contributed by atoms with Crippen LogP contribution in [-0.2, 0) is 17.7 Å². The third kappa shape index (κ3) is 4.93. The zero-order valence-electron chi connectivity index (χ0n) is 16.1. The molecule has 1 heterocycles. The normalized spacial score (nSPS) is 10.6. The monoisotopic (exact) mass is 410 g/mol. The standard InChI is InChI=1S/C23H20F2N2O3/c24-7-9-30-23(29)18-3-1-2-15(10-18)20-11-17(4-5-19(20)13-26)22(28)12-16-6-8-27-14-21(16)25/h1-6,8,10-11,14H,7,9,12-13,26H2. The van der Waals surface area contributed by atoms with Crippen LogP contribution in [0.15, 0.2) is 60.9 Å². The SMILES string of the molecule is NCc1ccc(C(=O)Cc2ccncc2F)cc1-c1cccc(C(=O)OCCF)c1. The van der Waals surface area contributed by atoms with Gasteiger partial charge in [0.2, 0.25) is 0 Å². The van der Waals surface area contributed by atoms with Crippen molar-refractivity contribution in [2.24, 2.45) is 5.73 Å². The number of ether oxygens (including phenoxy) is 1. The summed E-state index contributed by atoms with van der Waals surface area (Å²) in [6, 6.07) is 13.1. The number of Topliss-reactive ketones (excluding diaryl/α,β-unsaturated/α-hetero) is 1. The molecular weight excluding hydrogens is 390 g/mol. The van der Waals surface area contributed by atoms with Gasteiger partial charge in [-0.25, -0.2) is 13.6 Å². The molecule has 0 saturated heterocycles. The van der Waals surface area contributed by atoms with Gasteiger partial charge in [-0.15, -0.1) is 0 Å². The third-order valence-corrected chi connectivity index (χ3v) is 4.58. The summed E-state index contributed by atoms with van der Waals surface area (Å²) in [6.07, 6.45) is 2.40. The second-order valence-electron chi connectivity index (χ2n) is 6.55. The highest BCUT2D eigenvalue weighted by Gasteiger charge is 2.15. The summed E-state index contributed by atoms with van der Waals surface area (Å²) in [4.78, 5) is 28.4. The maximum absolute atomic E-state index is 13.8. The minimum Gasteiger partial charge on any atom is -0.459 e. The fourth-order valence-electron chi connectivity index (χ4n) is 3.05. The number of pyridine rings is 1. The summed E-state index contributed by atoms with van der Waals surface area (Å²) in [6.45, 7) is -0.850. The van der Waals surface area contributed by atoms with Crippen molar-refractivity contribution in [2.45, 2.75) is 13.0 Å². The van der Waals surface area contributed by atoms with Crippen LogP contribution >= 0.6 is 0 Å². The van der Waals surface area contributed by atoms with E-state index in [9.17, 15) is 18.4 Å². The topological polar surface area (TPSA) is 82.3 Å². The molecular formula is C23H20F2N2O3. The quantitative estimate of drug-likeness (QED) is 0.450. The summed E-state index contributed by atoms with van der Waals surface area (Å²) in [5, 5.41) is 0.